The molecule has 2 nitrogen and oxygen atoms in total. The van der Waals surface area contributed by atoms with Crippen LogP contribution in [0.4, 0.5) is 5.69 Å². The Labute approximate surface area is 95.0 Å². The average Bonchev–Trinajstić information content (AvgIpc) is 2.53. The molecule has 1 fully saturated rings. The Morgan fingerprint density at radius 2 is 2.27 bits per heavy atom. The summed E-state index contributed by atoms with van der Waals surface area (Å²) in [4.78, 5) is 2.50. The number of hydrogen-bond donors (Lipinski definition) is 1. The molecule has 0 aliphatic carbocycles. The lowest BCUT2D eigenvalue weighted by Gasteiger charge is -2.35. The van der Waals surface area contributed by atoms with Gasteiger partial charge in [0.15, 0.2) is 0 Å². The first kappa shape index (κ1) is 9.49. The van der Waals surface area contributed by atoms with Gasteiger partial charge in [-0.15, -0.1) is 0 Å². The molecule has 2 N–H and O–H groups in total. The van der Waals surface area contributed by atoms with Crippen LogP contribution in [0.2, 0.25) is 5.02 Å². The van der Waals surface area contributed by atoms with Crippen molar-refractivity contribution in [3.63, 3.8) is 0 Å². The number of fused-ring (bicyclic) bond motifs is 3. The van der Waals surface area contributed by atoms with Crippen molar-refractivity contribution in [2.75, 3.05) is 11.4 Å². The second-order valence-electron chi connectivity index (χ2n) is 4.61. The number of benzene rings is 1. The van der Waals surface area contributed by atoms with Gasteiger partial charge in [-0.25, -0.2) is 0 Å². The molecule has 1 aromatic rings. The maximum absolute atomic E-state index is 6.01. The highest BCUT2D eigenvalue weighted by atomic mass is 35.5. The van der Waals surface area contributed by atoms with Gasteiger partial charge in [0.2, 0.25) is 0 Å². The highest BCUT2D eigenvalue weighted by Gasteiger charge is 2.33. The van der Waals surface area contributed by atoms with Gasteiger partial charge in [0.05, 0.1) is 0 Å². The summed E-state index contributed by atoms with van der Waals surface area (Å²) < 4.78 is 0. The van der Waals surface area contributed by atoms with E-state index in [1.165, 1.54) is 11.3 Å². The van der Waals surface area contributed by atoms with Crippen molar-refractivity contribution in [3.05, 3.63) is 28.8 Å². The molecule has 3 rings (SSSR count). The van der Waals surface area contributed by atoms with Crippen molar-refractivity contribution < 1.29 is 0 Å². The third-order valence-corrected chi connectivity index (χ3v) is 3.80. The van der Waals surface area contributed by atoms with Crippen molar-refractivity contribution in [3.8, 4) is 0 Å². The Bertz CT molecular complexity index is 391. The first-order chi connectivity index (χ1) is 7.24. The highest BCUT2D eigenvalue weighted by Crippen LogP contribution is 2.37. The monoisotopic (exact) mass is 222 g/mol. The number of nitrogens with two attached hydrogens (primary N) is 1. The van der Waals surface area contributed by atoms with E-state index in [4.69, 9.17) is 17.3 Å². The summed E-state index contributed by atoms with van der Waals surface area (Å²) in [6.45, 7) is 1.10. The van der Waals surface area contributed by atoms with Gasteiger partial charge in [-0.2, -0.15) is 0 Å². The summed E-state index contributed by atoms with van der Waals surface area (Å²) in [7, 11) is 0. The summed E-state index contributed by atoms with van der Waals surface area (Å²) in [5.74, 6) is 0. The van der Waals surface area contributed by atoms with E-state index in [0.717, 1.165) is 30.8 Å². The predicted octanol–water partition coefficient (Wildman–Crippen LogP) is 2.19. The third kappa shape index (κ3) is 1.52. The van der Waals surface area contributed by atoms with Crippen LogP contribution in [0.15, 0.2) is 18.2 Å². The molecular weight excluding hydrogens is 208 g/mol. The van der Waals surface area contributed by atoms with Gasteiger partial charge in [0.1, 0.15) is 0 Å². The molecule has 0 amide bonds. The van der Waals surface area contributed by atoms with Crippen LogP contribution in [0, 0.1) is 0 Å². The average molecular weight is 223 g/mol. The van der Waals surface area contributed by atoms with Crippen LogP contribution in [0.25, 0.3) is 0 Å². The Morgan fingerprint density at radius 3 is 3.13 bits per heavy atom. The molecule has 2 unspecified atom stereocenters. The second kappa shape index (κ2) is 3.39. The molecule has 1 saturated heterocycles. The molecule has 80 valence electrons. The Kier molecular flexibility index (Phi) is 2.15. The van der Waals surface area contributed by atoms with Crippen LogP contribution in [-0.4, -0.2) is 18.6 Å². The quantitative estimate of drug-likeness (QED) is 0.729. The molecule has 0 aromatic heterocycles. The lowest BCUT2D eigenvalue weighted by Crippen LogP contribution is -2.45. The van der Waals surface area contributed by atoms with Gasteiger partial charge in [-0.05, 0) is 43.0 Å². The van der Waals surface area contributed by atoms with Gasteiger partial charge >= 0.3 is 0 Å². The van der Waals surface area contributed by atoms with Gasteiger partial charge in [0.25, 0.3) is 0 Å². The number of piperidine rings is 1. The molecule has 2 heterocycles. The topological polar surface area (TPSA) is 29.3 Å². The first-order valence-corrected chi connectivity index (χ1v) is 5.92. The molecule has 2 aliphatic rings. The van der Waals surface area contributed by atoms with Crippen LogP contribution in [0.3, 0.4) is 0 Å². The minimum absolute atomic E-state index is 0.385. The number of rotatable bonds is 0. The van der Waals surface area contributed by atoms with E-state index in [0.29, 0.717) is 12.1 Å². The zero-order valence-corrected chi connectivity index (χ0v) is 9.37. The number of hydrogen-bond acceptors (Lipinski definition) is 2. The van der Waals surface area contributed by atoms with Crippen molar-refractivity contribution >= 4 is 17.3 Å². The van der Waals surface area contributed by atoms with Crippen molar-refractivity contribution in [1.29, 1.82) is 0 Å². The van der Waals surface area contributed by atoms with Crippen LogP contribution in [0.1, 0.15) is 18.4 Å². The predicted molar refractivity (Wildman–Crippen MR) is 63.5 cm³/mol. The molecule has 0 bridgehead atoms. The van der Waals surface area contributed by atoms with Crippen LogP contribution >= 0.6 is 11.6 Å². The molecule has 2 atom stereocenters. The molecule has 0 saturated carbocycles. The fraction of sp³-hybridized carbons (Fsp3) is 0.500. The van der Waals surface area contributed by atoms with Crippen molar-refractivity contribution in [2.45, 2.75) is 31.3 Å². The van der Waals surface area contributed by atoms with E-state index < -0.39 is 0 Å². The van der Waals surface area contributed by atoms with Gasteiger partial charge in [-0.1, -0.05) is 11.6 Å². The minimum atomic E-state index is 0.385. The van der Waals surface area contributed by atoms with Crippen LogP contribution in [-0.2, 0) is 6.42 Å². The second-order valence-corrected chi connectivity index (χ2v) is 5.05. The Balaban J connectivity index is 1.95. The fourth-order valence-corrected chi connectivity index (χ4v) is 3.04. The van der Waals surface area contributed by atoms with E-state index in [9.17, 15) is 0 Å². The lowest BCUT2D eigenvalue weighted by atomic mass is 9.97. The SMILES string of the molecule is NC1CCN2c3ccc(Cl)cc3CC2C1. The Hall–Kier alpha value is -0.730. The van der Waals surface area contributed by atoms with Crippen LogP contribution < -0.4 is 10.6 Å². The molecule has 2 aliphatic heterocycles. The van der Waals surface area contributed by atoms with Gasteiger partial charge < -0.3 is 10.6 Å². The normalized spacial score (nSPS) is 28.8. The maximum atomic E-state index is 6.01. The van der Waals surface area contributed by atoms with Crippen LogP contribution in [0.5, 0.6) is 0 Å². The van der Waals surface area contributed by atoms with E-state index >= 15 is 0 Å². The molecule has 0 radical (unpaired) electrons. The largest absolute Gasteiger partial charge is 0.368 e. The van der Waals surface area contributed by atoms with E-state index in [1.807, 2.05) is 6.07 Å². The smallest absolute Gasteiger partial charge is 0.0410 e. The minimum Gasteiger partial charge on any atom is -0.368 e. The summed E-state index contributed by atoms with van der Waals surface area (Å²) in [6.07, 6.45) is 3.34. The highest BCUT2D eigenvalue weighted by molar-refractivity contribution is 6.30. The molecule has 0 spiro atoms. The molecular formula is C12H15ClN2. The first-order valence-electron chi connectivity index (χ1n) is 5.54. The zero-order valence-electron chi connectivity index (χ0n) is 8.62. The fourth-order valence-electron chi connectivity index (χ4n) is 2.84. The molecule has 1 aromatic carbocycles. The maximum Gasteiger partial charge on any atom is 0.0410 e. The third-order valence-electron chi connectivity index (χ3n) is 3.56. The van der Waals surface area contributed by atoms with Crippen molar-refractivity contribution in [1.82, 2.24) is 0 Å². The standard InChI is InChI=1S/C12H15ClN2/c13-9-1-2-12-8(5-9)6-11-7-10(14)3-4-15(11)12/h1-2,5,10-11H,3-4,6-7,14H2. The lowest BCUT2D eigenvalue weighted by molar-refractivity contribution is 0.425. The summed E-state index contributed by atoms with van der Waals surface area (Å²) in [5.41, 5.74) is 8.76. The molecule has 3 heteroatoms. The number of halogens is 1. The van der Waals surface area contributed by atoms with E-state index in [-0.39, 0.29) is 0 Å². The summed E-state index contributed by atoms with van der Waals surface area (Å²) in [6, 6.07) is 7.23. The van der Waals surface area contributed by atoms with E-state index in [2.05, 4.69) is 17.0 Å². The van der Waals surface area contributed by atoms with Gasteiger partial charge in [0, 0.05) is 29.3 Å². The number of anilines is 1. The Morgan fingerprint density at radius 1 is 1.40 bits per heavy atom. The number of nitrogens with zero attached hydrogens (tertiary/aromatic N) is 1. The molecule has 15 heavy (non-hydrogen) atoms. The zero-order chi connectivity index (χ0) is 10.4. The van der Waals surface area contributed by atoms with Gasteiger partial charge in [-0.3, -0.25) is 0 Å². The van der Waals surface area contributed by atoms with Crippen molar-refractivity contribution in [2.24, 2.45) is 5.73 Å². The summed E-state index contributed by atoms with van der Waals surface area (Å²) in [5, 5.41) is 0.845. The van der Waals surface area contributed by atoms with E-state index in [1.54, 1.807) is 0 Å². The summed E-state index contributed by atoms with van der Waals surface area (Å²) >= 11 is 6.01.